The fourth-order valence-electron chi connectivity index (χ4n) is 1.79. The standard InChI is InChI=1S/C12H14O/c1-9-5-4-7-10-6-2-3-8-11(10)12(9)13/h2-3,6,8-9H,4-5,7H2,1H3/i1+1D3. The molecule has 1 nitrogen and oxygen atoms in total. The summed E-state index contributed by atoms with van der Waals surface area (Å²) >= 11 is 0. The summed E-state index contributed by atoms with van der Waals surface area (Å²) in [4.78, 5) is 12.1. The number of rotatable bonds is 0. The molecule has 1 heteroatoms. The first kappa shape index (κ1) is 5.58. The van der Waals surface area contributed by atoms with Gasteiger partial charge in [0.05, 0.1) is 0 Å². The average Bonchev–Trinajstić information content (AvgIpc) is 2.38. The van der Waals surface area contributed by atoms with E-state index in [0.29, 0.717) is 12.0 Å². The van der Waals surface area contributed by atoms with Gasteiger partial charge < -0.3 is 0 Å². The molecule has 0 saturated carbocycles. The molecular weight excluding hydrogens is 161 g/mol. The van der Waals surface area contributed by atoms with Gasteiger partial charge in [0.2, 0.25) is 0 Å². The molecule has 0 spiro atoms. The second kappa shape index (κ2) is 3.33. The van der Waals surface area contributed by atoms with Gasteiger partial charge in [0.1, 0.15) is 0 Å². The maximum Gasteiger partial charge on any atom is 0.165 e. The minimum absolute atomic E-state index is 0.215. The number of carbonyl (C=O) groups is 1. The Kier molecular flexibility index (Phi) is 1.43. The van der Waals surface area contributed by atoms with E-state index < -0.39 is 12.8 Å². The molecule has 1 atom stereocenters. The maximum atomic E-state index is 12.1. The predicted octanol–water partition coefficient (Wildman–Crippen LogP) is 2.84. The van der Waals surface area contributed by atoms with Crippen LogP contribution in [0.25, 0.3) is 0 Å². The van der Waals surface area contributed by atoms with Crippen molar-refractivity contribution in [1.29, 1.82) is 0 Å². The van der Waals surface area contributed by atoms with Crippen LogP contribution in [0.4, 0.5) is 0 Å². The first-order chi connectivity index (χ1) is 7.50. The highest BCUT2D eigenvalue weighted by Crippen LogP contribution is 2.23. The molecule has 1 aromatic carbocycles. The summed E-state index contributed by atoms with van der Waals surface area (Å²) in [5.74, 6) is -1.04. The van der Waals surface area contributed by atoms with Crippen molar-refractivity contribution in [2.24, 2.45) is 5.92 Å². The van der Waals surface area contributed by atoms with Crippen molar-refractivity contribution in [3.05, 3.63) is 35.4 Å². The largest absolute Gasteiger partial charge is 0.294 e. The Morgan fingerprint density at radius 1 is 1.46 bits per heavy atom. The SMILES string of the molecule is [2H][13C]([2H])([2H])C1CCCc2ccccc2C1=O. The lowest BCUT2D eigenvalue weighted by Gasteiger charge is -2.06. The van der Waals surface area contributed by atoms with E-state index in [1.165, 1.54) is 0 Å². The summed E-state index contributed by atoms with van der Waals surface area (Å²) in [7, 11) is 0. The predicted molar refractivity (Wildman–Crippen MR) is 52.9 cm³/mol. The van der Waals surface area contributed by atoms with Gasteiger partial charge in [0, 0.05) is 15.6 Å². The highest BCUT2D eigenvalue weighted by molar-refractivity contribution is 5.99. The maximum absolute atomic E-state index is 12.1. The molecule has 0 radical (unpaired) electrons. The highest BCUT2D eigenvalue weighted by atomic mass is 16.1. The van der Waals surface area contributed by atoms with E-state index in [2.05, 4.69) is 0 Å². The van der Waals surface area contributed by atoms with Crippen LogP contribution in [0.2, 0.25) is 0 Å². The van der Waals surface area contributed by atoms with Crippen molar-refractivity contribution >= 4 is 5.78 Å². The Hall–Kier alpha value is -1.11. The van der Waals surface area contributed by atoms with Crippen molar-refractivity contribution in [2.45, 2.75) is 26.1 Å². The van der Waals surface area contributed by atoms with Crippen molar-refractivity contribution in [2.75, 3.05) is 0 Å². The number of carbonyl (C=O) groups excluding carboxylic acids is 1. The van der Waals surface area contributed by atoms with Crippen LogP contribution in [0.3, 0.4) is 0 Å². The number of aryl methyl sites for hydroxylation is 1. The second-order valence-electron chi connectivity index (χ2n) is 3.47. The molecule has 1 aliphatic rings. The van der Waals surface area contributed by atoms with Gasteiger partial charge in [-0.05, 0) is 24.8 Å². The van der Waals surface area contributed by atoms with E-state index in [1.54, 1.807) is 12.1 Å². The molecule has 1 aliphatic carbocycles. The van der Waals surface area contributed by atoms with Crippen LogP contribution >= 0.6 is 0 Å². The zero-order valence-corrected chi connectivity index (χ0v) is 7.42. The van der Waals surface area contributed by atoms with Crippen LogP contribution in [0.1, 0.15) is 39.7 Å². The molecular formula is C12H14O. The third-order valence-electron chi connectivity index (χ3n) is 2.54. The Bertz CT molecular complexity index is 409. The van der Waals surface area contributed by atoms with Crippen LogP contribution in [-0.4, -0.2) is 5.78 Å². The summed E-state index contributed by atoms with van der Waals surface area (Å²) in [5.41, 5.74) is 1.58. The minimum atomic E-state index is -2.17. The topological polar surface area (TPSA) is 17.1 Å². The lowest BCUT2D eigenvalue weighted by atomic mass is 10.0. The third-order valence-corrected chi connectivity index (χ3v) is 2.54. The van der Waals surface area contributed by atoms with Crippen LogP contribution < -0.4 is 0 Å². The first-order valence-corrected chi connectivity index (χ1v) is 4.62. The highest BCUT2D eigenvalue weighted by Gasteiger charge is 2.20. The number of hydrogen-bond acceptors (Lipinski definition) is 1. The van der Waals surface area contributed by atoms with Crippen LogP contribution in [-0.2, 0) is 6.42 Å². The first-order valence-electron chi connectivity index (χ1n) is 6.12. The summed E-state index contributed by atoms with van der Waals surface area (Å²) in [6.07, 6.45) is 2.03. The lowest BCUT2D eigenvalue weighted by molar-refractivity contribution is 0.0927. The van der Waals surface area contributed by atoms with Gasteiger partial charge in [-0.1, -0.05) is 31.1 Å². The lowest BCUT2D eigenvalue weighted by Crippen LogP contribution is -2.09. The van der Waals surface area contributed by atoms with E-state index >= 15 is 0 Å². The molecule has 1 aromatic rings. The van der Waals surface area contributed by atoms with Crippen LogP contribution in [0.15, 0.2) is 24.3 Å². The molecule has 1 unspecified atom stereocenters. The van der Waals surface area contributed by atoms with Crippen LogP contribution in [0.5, 0.6) is 0 Å². The number of benzene rings is 1. The summed E-state index contributed by atoms with van der Waals surface area (Å²) in [6.45, 7) is -2.17. The molecule has 0 fully saturated rings. The smallest absolute Gasteiger partial charge is 0.165 e. The zero-order valence-electron chi connectivity index (χ0n) is 10.4. The number of hydrogen-bond donors (Lipinski definition) is 0. The Labute approximate surface area is 83.0 Å². The van der Waals surface area contributed by atoms with Gasteiger partial charge in [-0.3, -0.25) is 4.79 Å². The summed E-state index contributed by atoms with van der Waals surface area (Å²) in [5, 5.41) is 0. The van der Waals surface area contributed by atoms with Crippen molar-refractivity contribution < 1.29 is 8.91 Å². The summed E-state index contributed by atoms with van der Waals surface area (Å²) < 4.78 is 22.2. The van der Waals surface area contributed by atoms with Gasteiger partial charge in [-0.25, -0.2) is 0 Å². The molecule has 0 amide bonds. The molecule has 0 aliphatic heterocycles. The van der Waals surface area contributed by atoms with Gasteiger partial charge in [0.15, 0.2) is 5.78 Å². The fourth-order valence-corrected chi connectivity index (χ4v) is 1.79. The van der Waals surface area contributed by atoms with Crippen molar-refractivity contribution in [1.82, 2.24) is 0 Å². The van der Waals surface area contributed by atoms with E-state index in [0.717, 1.165) is 18.4 Å². The monoisotopic (exact) mass is 178 g/mol. The number of Topliss-reactive ketones (excluding diaryl/α,β-unsaturated/α-hetero) is 1. The van der Waals surface area contributed by atoms with Gasteiger partial charge in [-0.2, -0.15) is 0 Å². The van der Waals surface area contributed by atoms with Crippen molar-refractivity contribution in [3.8, 4) is 0 Å². The average molecular weight is 178 g/mol. The normalized spacial score (nSPS) is 26.6. The Morgan fingerprint density at radius 3 is 3.15 bits per heavy atom. The van der Waals surface area contributed by atoms with E-state index in [9.17, 15) is 4.79 Å². The van der Waals surface area contributed by atoms with Crippen molar-refractivity contribution in [3.63, 3.8) is 0 Å². The Balaban J connectivity index is 2.41. The van der Waals surface area contributed by atoms with E-state index in [4.69, 9.17) is 4.11 Å². The molecule has 0 heterocycles. The fraction of sp³-hybridized carbons (Fsp3) is 0.417. The molecule has 2 rings (SSSR count). The minimum Gasteiger partial charge on any atom is -0.294 e. The molecule has 13 heavy (non-hydrogen) atoms. The Morgan fingerprint density at radius 2 is 2.31 bits per heavy atom. The van der Waals surface area contributed by atoms with Gasteiger partial charge in [0.25, 0.3) is 0 Å². The van der Waals surface area contributed by atoms with E-state index in [1.807, 2.05) is 12.1 Å². The molecule has 0 saturated heterocycles. The molecule has 0 aromatic heterocycles. The summed E-state index contributed by atoms with van der Waals surface area (Å²) in [6, 6.07) is 7.33. The van der Waals surface area contributed by atoms with E-state index in [-0.39, 0.29) is 5.78 Å². The van der Waals surface area contributed by atoms with Gasteiger partial charge >= 0.3 is 0 Å². The third kappa shape index (κ3) is 1.51. The zero-order chi connectivity index (χ0) is 11.8. The molecule has 0 N–H and O–H groups in total. The van der Waals surface area contributed by atoms with Gasteiger partial charge in [-0.15, -0.1) is 0 Å². The molecule has 68 valence electrons. The number of fused-ring (bicyclic) bond motifs is 1. The molecule has 0 bridgehead atoms. The second-order valence-corrected chi connectivity index (χ2v) is 3.47. The number of ketones is 1. The van der Waals surface area contributed by atoms with Crippen LogP contribution in [0, 0.1) is 5.92 Å². The quantitative estimate of drug-likeness (QED) is 0.441.